The maximum atomic E-state index is 6.06. The van der Waals surface area contributed by atoms with Crippen LogP contribution in [0.5, 0.6) is 0 Å². The first-order chi connectivity index (χ1) is 6.18. The summed E-state index contributed by atoms with van der Waals surface area (Å²) in [5.41, 5.74) is 15.1. The lowest BCUT2D eigenvalue weighted by Crippen LogP contribution is -2.12. The lowest BCUT2D eigenvalue weighted by molar-refractivity contribution is 0.633. The van der Waals surface area contributed by atoms with E-state index in [1.165, 1.54) is 18.4 Å². The Bertz CT molecular complexity index is 316. The highest BCUT2D eigenvalue weighted by molar-refractivity contribution is 5.49. The molecule has 1 aromatic rings. The van der Waals surface area contributed by atoms with E-state index in [1.54, 1.807) is 0 Å². The minimum Gasteiger partial charge on any atom is -0.399 e. The number of rotatable bonds is 2. The largest absolute Gasteiger partial charge is 0.399 e. The number of hydrogen-bond acceptors (Lipinski definition) is 2. The molecule has 1 atom stereocenters. The van der Waals surface area contributed by atoms with Crippen LogP contribution in [0.2, 0.25) is 0 Å². The third kappa shape index (κ3) is 1.68. The Hall–Kier alpha value is -1.02. The maximum Gasteiger partial charge on any atom is 0.0347 e. The quantitative estimate of drug-likeness (QED) is 0.677. The summed E-state index contributed by atoms with van der Waals surface area (Å²) in [4.78, 5) is 0. The first kappa shape index (κ1) is 8.57. The Labute approximate surface area is 78.9 Å². The van der Waals surface area contributed by atoms with Crippen LogP contribution in [0.1, 0.15) is 30.0 Å². The molecular weight excluding hydrogens is 160 g/mol. The molecule has 4 N–H and O–H groups in total. The summed E-state index contributed by atoms with van der Waals surface area (Å²) in [7, 11) is 0. The van der Waals surface area contributed by atoms with Crippen LogP contribution in [0.15, 0.2) is 18.2 Å². The molecule has 0 saturated heterocycles. The third-order valence-corrected chi connectivity index (χ3v) is 2.82. The third-order valence-electron chi connectivity index (χ3n) is 2.82. The van der Waals surface area contributed by atoms with Crippen LogP contribution in [0, 0.1) is 12.8 Å². The second-order valence-electron chi connectivity index (χ2n) is 3.98. The Morgan fingerprint density at radius 1 is 1.38 bits per heavy atom. The van der Waals surface area contributed by atoms with Crippen molar-refractivity contribution in [3.8, 4) is 0 Å². The molecule has 0 amide bonds. The van der Waals surface area contributed by atoms with E-state index in [0.717, 1.165) is 11.3 Å². The summed E-state index contributed by atoms with van der Waals surface area (Å²) < 4.78 is 0. The molecule has 1 aromatic carbocycles. The van der Waals surface area contributed by atoms with Gasteiger partial charge >= 0.3 is 0 Å². The van der Waals surface area contributed by atoms with Gasteiger partial charge in [-0.2, -0.15) is 0 Å². The summed E-state index contributed by atoms with van der Waals surface area (Å²) in [5, 5.41) is 0. The summed E-state index contributed by atoms with van der Waals surface area (Å²) in [6.07, 6.45) is 2.55. The van der Waals surface area contributed by atoms with Crippen LogP contribution in [0.3, 0.4) is 0 Å². The lowest BCUT2D eigenvalue weighted by atomic mass is 10.0. The van der Waals surface area contributed by atoms with Gasteiger partial charge in [0.25, 0.3) is 0 Å². The molecule has 0 aromatic heterocycles. The smallest absolute Gasteiger partial charge is 0.0347 e. The van der Waals surface area contributed by atoms with Crippen LogP contribution in [-0.4, -0.2) is 0 Å². The van der Waals surface area contributed by atoms with Gasteiger partial charge in [0.2, 0.25) is 0 Å². The van der Waals surface area contributed by atoms with Crippen molar-refractivity contribution >= 4 is 5.69 Å². The zero-order chi connectivity index (χ0) is 9.42. The van der Waals surface area contributed by atoms with E-state index in [9.17, 15) is 0 Å². The summed E-state index contributed by atoms with van der Waals surface area (Å²) in [6, 6.07) is 6.35. The van der Waals surface area contributed by atoms with Gasteiger partial charge in [-0.3, -0.25) is 0 Å². The van der Waals surface area contributed by atoms with E-state index in [2.05, 4.69) is 6.07 Å². The lowest BCUT2D eigenvalue weighted by Gasteiger charge is -2.12. The first-order valence-corrected chi connectivity index (χ1v) is 4.80. The minimum atomic E-state index is 0.197. The van der Waals surface area contributed by atoms with E-state index in [4.69, 9.17) is 11.5 Å². The van der Waals surface area contributed by atoms with Gasteiger partial charge in [-0.1, -0.05) is 12.1 Å². The number of nitrogens with two attached hydrogens (primary N) is 2. The molecule has 70 valence electrons. The van der Waals surface area contributed by atoms with Crippen LogP contribution in [0.25, 0.3) is 0 Å². The van der Waals surface area contributed by atoms with E-state index in [0.29, 0.717) is 5.92 Å². The zero-order valence-electron chi connectivity index (χ0n) is 7.96. The van der Waals surface area contributed by atoms with E-state index in [-0.39, 0.29) is 6.04 Å². The van der Waals surface area contributed by atoms with Gasteiger partial charge in [-0.25, -0.2) is 0 Å². The van der Waals surface area contributed by atoms with Gasteiger partial charge in [0.15, 0.2) is 0 Å². The predicted octanol–water partition coefficient (Wildman–Crippen LogP) is 1.99. The first-order valence-electron chi connectivity index (χ1n) is 4.80. The van der Waals surface area contributed by atoms with Crippen molar-refractivity contribution in [2.24, 2.45) is 11.7 Å². The fourth-order valence-electron chi connectivity index (χ4n) is 1.59. The zero-order valence-corrected chi connectivity index (χ0v) is 7.96. The summed E-state index contributed by atoms with van der Waals surface area (Å²) >= 11 is 0. The van der Waals surface area contributed by atoms with Gasteiger partial charge in [-0.15, -0.1) is 0 Å². The molecule has 2 rings (SSSR count). The van der Waals surface area contributed by atoms with Crippen molar-refractivity contribution in [1.29, 1.82) is 0 Å². The molecule has 0 spiro atoms. The molecular formula is C11H16N2. The summed E-state index contributed by atoms with van der Waals surface area (Å²) in [6.45, 7) is 2.02. The van der Waals surface area contributed by atoms with Crippen molar-refractivity contribution in [3.63, 3.8) is 0 Å². The topological polar surface area (TPSA) is 52.0 Å². The van der Waals surface area contributed by atoms with E-state index < -0.39 is 0 Å². The van der Waals surface area contributed by atoms with Gasteiger partial charge in [0, 0.05) is 11.7 Å². The van der Waals surface area contributed by atoms with E-state index >= 15 is 0 Å². The molecule has 1 aliphatic rings. The fourth-order valence-corrected chi connectivity index (χ4v) is 1.59. The monoisotopic (exact) mass is 176 g/mol. The van der Waals surface area contributed by atoms with Gasteiger partial charge in [0.1, 0.15) is 0 Å². The molecule has 2 nitrogen and oxygen atoms in total. The van der Waals surface area contributed by atoms with Crippen molar-refractivity contribution in [2.75, 3.05) is 5.73 Å². The Morgan fingerprint density at radius 2 is 2.08 bits per heavy atom. The summed E-state index contributed by atoms with van der Waals surface area (Å²) in [5.74, 6) is 0.696. The van der Waals surface area contributed by atoms with Crippen LogP contribution in [-0.2, 0) is 0 Å². The maximum absolute atomic E-state index is 6.06. The normalized spacial score (nSPS) is 18.6. The number of nitrogen functional groups attached to an aromatic ring is 1. The molecule has 1 fully saturated rings. The average Bonchev–Trinajstić information content (AvgIpc) is 2.91. The molecule has 1 unspecified atom stereocenters. The molecule has 1 saturated carbocycles. The number of anilines is 1. The molecule has 0 aliphatic heterocycles. The Kier molecular flexibility index (Phi) is 2.00. The Balaban J connectivity index is 2.24. The van der Waals surface area contributed by atoms with Crippen LogP contribution >= 0.6 is 0 Å². The average molecular weight is 176 g/mol. The number of hydrogen-bond donors (Lipinski definition) is 2. The Morgan fingerprint density at radius 3 is 2.62 bits per heavy atom. The molecule has 13 heavy (non-hydrogen) atoms. The van der Waals surface area contributed by atoms with Crippen LogP contribution < -0.4 is 11.5 Å². The van der Waals surface area contributed by atoms with Gasteiger partial charge in [-0.05, 0) is 42.9 Å². The van der Waals surface area contributed by atoms with Crippen molar-refractivity contribution in [1.82, 2.24) is 0 Å². The van der Waals surface area contributed by atoms with Gasteiger partial charge in [0.05, 0.1) is 0 Å². The molecule has 0 heterocycles. The highest BCUT2D eigenvalue weighted by Gasteiger charge is 2.29. The van der Waals surface area contributed by atoms with E-state index in [1.807, 2.05) is 19.1 Å². The predicted molar refractivity (Wildman–Crippen MR) is 55.2 cm³/mol. The number of aryl methyl sites for hydroxylation is 1. The second-order valence-corrected chi connectivity index (χ2v) is 3.98. The SMILES string of the molecule is Cc1ccc(C(N)C2CC2)cc1N. The van der Waals surface area contributed by atoms with Gasteiger partial charge < -0.3 is 11.5 Å². The van der Waals surface area contributed by atoms with Crippen molar-refractivity contribution in [2.45, 2.75) is 25.8 Å². The minimum absolute atomic E-state index is 0.197. The van der Waals surface area contributed by atoms with Crippen LogP contribution in [0.4, 0.5) is 5.69 Å². The fraction of sp³-hybridized carbons (Fsp3) is 0.455. The molecule has 1 aliphatic carbocycles. The molecule has 0 bridgehead atoms. The van der Waals surface area contributed by atoms with Crippen molar-refractivity contribution < 1.29 is 0 Å². The highest BCUT2D eigenvalue weighted by Crippen LogP contribution is 2.39. The standard InChI is InChI=1S/C11H16N2/c1-7-2-3-9(6-10(7)12)11(13)8-4-5-8/h2-3,6,8,11H,4-5,12-13H2,1H3. The second kappa shape index (κ2) is 3.04. The molecule has 2 heteroatoms. The highest BCUT2D eigenvalue weighted by atomic mass is 14.7. The molecule has 0 radical (unpaired) electrons. The van der Waals surface area contributed by atoms with Crippen molar-refractivity contribution in [3.05, 3.63) is 29.3 Å². The number of benzene rings is 1.